The number of hydrogen-bond acceptors (Lipinski definition) is 3. The Labute approximate surface area is 102 Å². The van der Waals surface area contributed by atoms with Crippen molar-refractivity contribution in [1.82, 2.24) is 9.55 Å². The lowest BCUT2D eigenvalue weighted by molar-refractivity contribution is 0.0999. The molecule has 0 saturated carbocycles. The van der Waals surface area contributed by atoms with E-state index in [0.717, 1.165) is 0 Å². The van der Waals surface area contributed by atoms with Gasteiger partial charge in [-0.1, -0.05) is 18.2 Å². The maximum absolute atomic E-state index is 11.5. The van der Waals surface area contributed by atoms with Crippen molar-refractivity contribution in [1.29, 1.82) is 0 Å². The number of nitrogens with two attached hydrogens (primary N) is 1. The van der Waals surface area contributed by atoms with E-state index >= 15 is 0 Å². The number of aromatic nitrogens is 2. The monoisotopic (exact) mass is 245 g/mol. The first-order valence-corrected chi connectivity index (χ1v) is 5.25. The van der Waals surface area contributed by atoms with Crippen molar-refractivity contribution < 1.29 is 4.79 Å². The Morgan fingerprint density at radius 1 is 1.22 bits per heavy atom. The van der Waals surface area contributed by atoms with Crippen LogP contribution in [-0.4, -0.2) is 15.5 Å². The Balaban J connectivity index is 2.43. The van der Waals surface area contributed by atoms with Crippen LogP contribution in [-0.2, 0) is 6.54 Å². The number of primary amides is 1. The molecule has 0 aliphatic heterocycles. The Hall–Kier alpha value is -2.63. The molecule has 0 radical (unpaired) electrons. The topological polar surface area (TPSA) is 97.9 Å². The molecule has 1 aromatic heterocycles. The third-order valence-electron chi connectivity index (χ3n) is 2.52. The van der Waals surface area contributed by atoms with Crippen LogP contribution in [0, 0.1) is 0 Å². The molecule has 0 atom stereocenters. The number of nitrogens with zero attached hydrogens (tertiary/aromatic N) is 1. The Morgan fingerprint density at radius 2 is 1.94 bits per heavy atom. The molecule has 0 spiro atoms. The van der Waals surface area contributed by atoms with Gasteiger partial charge in [0.05, 0.1) is 6.54 Å². The quantitative estimate of drug-likeness (QED) is 0.775. The number of rotatable bonds is 3. The standard InChI is InChI=1S/C12H11N3O3/c13-11(17)9-4-2-1-3-8(9)7-15-6-5-10(16)14-12(15)18/h1-6H,7H2,(H2,13,17)(H,14,16,18). The summed E-state index contributed by atoms with van der Waals surface area (Å²) in [6.45, 7) is 0.175. The molecule has 0 aliphatic rings. The van der Waals surface area contributed by atoms with E-state index in [0.29, 0.717) is 11.1 Å². The number of carbonyl (C=O) groups is 1. The van der Waals surface area contributed by atoms with E-state index in [2.05, 4.69) is 4.98 Å². The van der Waals surface area contributed by atoms with Crippen molar-refractivity contribution in [3.05, 3.63) is 68.5 Å². The summed E-state index contributed by atoms with van der Waals surface area (Å²) in [5.41, 5.74) is 5.24. The molecule has 3 N–H and O–H groups in total. The summed E-state index contributed by atoms with van der Waals surface area (Å²) in [7, 11) is 0. The second-order valence-corrected chi connectivity index (χ2v) is 3.76. The van der Waals surface area contributed by atoms with Crippen molar-refractivity contribution in [3.8, 4) is 0 Å². The van der Waals surface area contributed by atoms with Gasteiger partial charge < -0.3 is 5.73 Å². The van der Waals surface area contributed by atoms with Crippen LogP contribution in [0.25, 0.3) is 0 Å². The molecule has 0 aliphatic carbocycles. The van der Waals surface area contributed by atoms with Gasteiger partial charge >= 0.3 is 5.69 Å². The Kier molecular flexibility index (Phi) is 3.09. The molecule has 92 valence electrons. The van der Waals surface area contributed by atoms with E-state index in [-0.39, 0.29) is 6.54 Å². The molecule has 0 unspecified atom stereocenters. The molecule has 1 amide bonds. The minimum Gasteiger partial charge on any atom is -0.366 e. The molecule has 18 heavy (non-hydrogen) atoms. The highest BCUT2D eigenvalue weighted by Gasteiger charge is 2.08. The number of carbonyl (C=O) groups excluding carboxylic acids is 1. The lowest BCUT2D eigenvalue weighted by Crippen LogP contribution is -2.29. The van der Waals surface area contributed by atoms with Gasteiger partial charge in [0.15, 0.2) is 0 Å². The summed E-state index contributed by atoms with van der Waals surface area (Å²) < 4.78 is 1.29. The average Bonchev–Trinajstić information content (AvgIpc) is 2.33. The fraction of sp³-hybridized carbons (Fsp3) is 0.0833. The van der Waals surface area contributed by atoms with Crippen LogP contribution in [0.4, 0.5) is 0 Å². The van der Waals surface area contributed by atoms with Crippen LogP contribution in [0.15, 0.2) is 46.1 Å². The second kappa shape index (κ2) is 4.70. The number of nitrogens with one attached hydrogen (secondary N) is 1. The zero-order valence-corrected chi connectivity index (χ0v) is 9.42. The van der Waals surface area contributed by atoms with Crippen LogP contribution >= 0.6 is 0 Å². The lowest BCUT2D eigenvalue weighted by atomic mass is 10.1. The Morgan fingerprint density at radius 3 is 2.61 bits per heavy atom. The minimum atomic E-state index is -0.553. The van der Waals surface area contributed by atoms with Crippen molar-refractivity contribution >= 4 is 5.91 Å². The SMILES string of the molecule is NC(=O)c1ccccc1Cn1ccc(=O)[nH]c1=O. The summed E-state index contributed by atoms with van der Waals surface area (Å²) in [5.74, 6) is -0.553. The summed E-state index contributed by atoms with van der Waals surface area (Å²) in [4.78, 5) is 35.8. The van der Waals surface area contributed by atoms with E-state index in [1.165, 1.54) is 16.8 Å². The van der Waals surface area contributed by atoms with E-state index in [4.69, 9.17) is 5.73 Å². The van der Waals surface area contributed by atoms with E-state index < -0.39 is 17.2 Å². The van der Waals surface area contributed by atoms with Gasteiger partial charge in [-0.25, -0.2) is 4.79 Å². The van der Waals surface area contributed by atoms with Gasteiger partial charge in [-0.15, -0.1) is 0 Å². The number of amides is 1. The highest BCUT2D eigenvalue weighted by Crippen LogP contribution is 2.08. The summed E-state index contributed by atoms with van der Waals surface area (Å²) in [5, 5.41) is 0. The highest BCUT2D eigenvalue weighted by atomic mass is 16.2. The highest BCUT2D eigenvalue weighted by molar-refractivity contribution is 5.94. The molecule has 0 saturated heterocycles. The largest absolute Gasteiger partial charge is 0.366 e. The Bertz CT molecular complexity index is 700. The summed E-state index contributed by atoms with van der Waals surface area (Å²) in [6, 6.07) is 7.98. The predicted octanol–water partition coefficient (Wildman–Crippen LogP) is -0.316. The van der Waals surface area contributed by atoms with Crippen LogP contribution in [0.1, 0.15) is 15.9 Å². The molecule has 0 fully saturated rings. The first kappa shape index (κ1) is 11.8. The first-order valence-electron chi connectivity index (χ1n) is 5.25. The molecule has 6 nitrogen and oxygen atoms in total. The van der Waals surface area contributed by atoms with Gasteiger partial charge in [-0.2, -0.15) is 0 Å². The zero-order chi connectivity index (χ0) is 13.1. The molecule has 6 heteroatoms. The van der Waals surface area contributed by atoms with Gasteiger partial charge in [0.1, 0.15) is 0 Å². The fourth-order valence-electron chi connectivity index (χ4n) is 1.65. The van der Waals surface area contributed by atoms with Crippen molar-refractivity contribution in [2.45, 2.75) is 6.54 Å². The third kappa shape index (κ3) is 2.37. The lowest BCUT2D eigenvalue weighted by Gasteiger charge is -2.08. The molecule has 1 heterocycles. The predicted molar refractivity (Wildman–Crippen MR) is 65.4 cm³/mol. The van der Waals surface area contributed by atoms with Crippen molar-refractivity contribution in [3.63, 3.8) is 0 Å². The van der Waals surface area contributed by atoms with Crippen LogP contribution in [0.5, 0.6) is 0 Å². The molecule has 0 bridgehead atoms. The zero-order valence-electron chi connectivity index (χ0n) is 9.42. The number of H-pyrrole nitrogens is 1. The van der Waals surface area contributed by atoms with Crippen molar-refractivity contribution in [2.24, 2.45) is 5.73 Å². The number of benzene rings is 1. The molecular formula is C12H11N3O3. The van der Waals surface area contributed by atoms with Crippen LogP contribution in [0.3, 0.4) is 0 Å². The minimum absolute atomic E-state index is 0.175. The van der Waals surface area contributed by atoms with Gasteiger partial charge in [0.25, 0.3) is 5.56 Å². The molecule has 1 aromatic carbocycles. The van der Waals surface area contributed by atoms with Gasteiger partial charge in [-0.05, 0) is 11.6 Å². The summed E-state index contributed by atoms with van der Waals surface area (Å²) >= 11 is 0. The van der Waals surface area contributed by atoms with Crippen LogP contribution < -0.4 is 17.0 Å². The molecule has 2 aromatic rings. The first-order chi connectivity index (χ1) is 8.58. The summed E-state index contributed by atoms with van der Waals surface area (Å²) in [6.07, 6.45) is 1.37. The molecule has 2 rings (SSSR count). The normalized spacial score (nSPS) is 10.2. The second-order valence-electron chi connectivity index (χ2n) is 3.76. The number of aromatic amines is 1. The average molecular weight is 245 g/mol. The molecular weight excluding hydrogens is 234 g/mol. The van der Waals surface area contributed by atoms with Gasteiger partial charge in [0.2, 0.25) is 5.91 Å². The maximum Gasteiger partial charge on any atom is 0.328 e. The smallest absolute Gasteiger partial charge is 0.328 e. The van der Waals surface area contributed by atoms with Crippen molar-refractivity contribution in [2.75, 3.05) is 0 Å². The van der Waals surface area contributed by atoms with Crippen LogP contribution in [0.2, 0.25) is 0 Å². The van der Waals surface area contributed by atoms with E-state index in [1.54, 1.807) is 24.3 Å². The van der Waals surface area contributed by atoms with E-state index in [1.807, 2.05) is 0 Å². The number of hydrogen-bond donors (Lipinski definition) is 2. The van der Waals surface area contributed by atoms with E-state index in [9.17, 15) is 14.4 Å². The van der Waals surface area contributed by atoms with Gasteiger partial charge in [-0.3, -0.25) is 19.1 Å². The fourth-order valence-corrected chi connectivity index (χ4v) is 1.65. The maximum atomic E-state index is 11.5. The third-order valence-corrected chi connectivity index (χ3v) is 2.52. The van der Waals surface area contributed by atoms with Gasteiger partial charge in [0, 0.05) is 17.8 Å².